The van der Waals surface area contributed by atoms with Crippen molar-refractivity contribution in [1.29, 1.82) is 0 Å². The van der Waals surface area contributed by atoms with Crippen molar-refractivity contribution in [2.45, 2.75) is 32.4 Å². The first-order valence-electron chi connectivity index (χ1n) is 5.83. The Bertz CT molecular complexity index is 447. The van der Waals surface area contributed by atoms with Crippen molar-refractivity contribution in [1.82, 2.24) is 4.90 Å². The molecule has 4 heteroatoms. The Hall–Kier alpha value is -1.06. The van der Waals surface area contributed by atoms with Gasteiger partial charge in [0.15, 0.2) is 0 Å². The number of likely N-dealkylation sites (tertiary alicyclic amines) is 1. The van der Waals surface area contributed by atoms with E-state index in [0.29, 0.717) is 10.6 Å². The molecule has 0 saturated carbocycles. The van der Waals surface area contributed by atoms with Gasteiger partial charge in [0.2, 0.25) is 0 Å². The average Bonchev–Trinajstić information content (AvgIpc) is 2.62. The summed E-state index contributed by atoms with van der Waals surface area (Å²) in [5.41, 5.74) is 7.56. The summed E-state index contributed by atoms with van der Waals surface area (Å²) >= 11 is 5.94. The van der Waals surface area contributed by atoms with Gasteiger partial charge in [-0.2, -0.15) is 0 Å². The van der Waals surface area contributed by atoms with Crippen molar-refractivity contribution in [3.63, 3.8) is 0 Å². The fourth-order valence-corrected chi connectivity index (χ4v) is 2.40. The molecule has 2 atom stereocenters. The van der Waals surface area contributed by atoms with Crippen LogP contribution in [0.1, 0.15) is 29.3 Å². The fraction of sp³-hybridized carbons (Fsp3) is 0.462. The van der Waals surface area contributed by atoms with Crippen LogP contribution in [0.2, 0.25) is 5.02 Å². The van der Waals surface area contributed by atoms with Gasteiger partial charge in [0.25, 0.3) is 5.91 Å². The van der Waals surface area contributed by atoms with E-state index in [-0.39, 0.29) is 18.0 Å². The lowest BCUT2D eigenvalue weighted by Crippen LogP contribution is -2.40. The van der Waals surface area contributed by atoms with Crippen LogP contribution in [0.3, 0.4) is 0 Å². The highest BCUT2D eigenvalue weighted by Gasteiger charge is 2.32. The molecule has 1 aliphatic rings. The number of aryl methyl sites for hydroxylation is 1. The molecule has 2 N–H and O–H groups in total. The van der Waals surface area contributed by atoms with Crippen molar-refractivity contribution in [3.05, 3.63) is 34.3 Å². The third kappa shape index (κ3) is 2.31. The minimum absolute atomic E-state index is 0.0328. The lowest BCUT2D eigenvalue weighted by Gasteiger charge is -2.24. The van der Waals surface area contributed by atoms with Crippen molar-refractivity contribution in [3.8, 4) is 0 Å². The molecule has 2 rings (SSSR count). The topological polar surface area (TPSA) is 46.3 Å². The lowest BCUT2D eigenvalue weighted by atomic mass is 10.1. The summed E-state index contributed by atoms with van der Waals surface area (Å²) in [6.45, 7) is 4.65. The number of nitrogens with two attached hydrogens (primary N) is 1. The highest BCUT2D eigenvalue weighted by atomic mass is 35.5. The number of carbonyl (C=O) groups excluding carboxylic acids is 1. The summed E-state index contributed by atoms with van der Waals surface area (Å²) in [7, 11) is 0. The van der Waals surface area contributed by atoms with Crippen LogP contribution < -0.4 is 5.73 Å². The second-order valence-electron chi connectivity index (χ2n) is 4.65. The number of carbonyl (C=O) groups is 1. The second kappa shape index (κ2) is 4.67. The third-order valence-corrected chi connectivity index (χ3v) is 3.74. The molecular formula is C13H17ClN2O. The summed E-state index contributed by atoms with van der Waals surface area (Å²) in [5, 5.41) is 0.593. The highest BCUT2D eigenvalue weighted by Crippen LogP contribution is 2.22. The quantitative estimate of drug-likeness (QED) is 0.833. The monoisotopic (exact) mass is 252 g/mol. The maximum atomic E-state index is 12.4. The largest absolute Gasteiger partial charge is 0.334 e. The minimum Gasteiger partial charge on any atom is -0.334 e. The number of amides is 1. The zero-order valence-electron chi connectivity index (χ0n) is 10.1. The SMILES string of the molecule is Cc1ccc(Cl)cc1C(=O)N1CCC(N)C1C. The van der Waals surface area contributed by atoms with Gasteiger partial charge in [0.1, 0.15) is 0 Å². The third-order valence-electron chi connectivity index (χ3n) is 3.51. The lowest BCUT2D eigenvalue weighted by molar-refractivity contribution is 0.0742. The molecule has 92 valence electrons. The van der Waals surface area contributed by atoms with E-state index in [4.69, 9.17) is 17.3 Å². The van der Waals surface area contributed by atoms with Crippen LogP contribution in [0.5, 0.6) is 0 Å². The molecule has 2 unspecified atom stereocenters. The molecule has 1 amide bonds. The van der Waals surface area contributed by atoms with Crippen LogP contribution in [0, 0.1) is 6.92 Å². The Morgan fingerprint density at radius 1 is 1.53 bits per heavy atom. The number of hydrogen-bond donors (Lipinski definition) is 1. The fourth-order valence-electron chi connectivity index (χ4n) is 2.23. The Balaban J connectivity index is 2.28. The van der Waals surface area contributed by atoms with Gasteiger partial charge in [0, 0.05) is 29.2 Å². The molecular weight excluding hydrogens is 236 g/mol. The average molecular weight is 253 g/mol. The van der Waals surface area contributed by atoms with Crippen LogP contribution in [0.15, 0.2) is 18.2 Å². The molecule has 3 nitrogen and oxygen atoms in total. The van der Waals surface area contributed by atoms with Crippen LogP contribution in [-0.2, 0) is 0 Å². The zero-order chi connectivity index (χ0) is 12.6. The smallest absolute Gasteiger partial charge is 0.254 e. The van der Waals surface area contributed by atoms with Crippen LogP contribution in [-0.4, -0.2) is 29.4 Å². The van der Waals surface area contributed by atoms with E-state index in [2.05, 4.69) is 0 Å². The molecule has 1 aromatic carbocycles. The van der Waals surface area contributed by atoms with Crippen LogP contribution in [0.4, 0.5) is 0 Å². The minimum atomic E-state index is 0.0328. The van der Waals surface area contributed by atoms with E-state index in [0.717, 1.165) is 18.5 Å². The predicted octanol–water partition coefficient (Wildman–Crippen LogP) is 2.21. The number of hydrogen-bond acceptors (Lipinski definition) is 2. The second-order valence-corrected chi connectivity index (χ2v) is 5.09. The number of halogens is 1. The van der Waals surface area contributed by atoms with Crippen LogP contribution in [0.25, 0.3) is 0 Å². The molecule has 17 heavy (non-hydrogen) atoms. The van der Waals surface area contributed by atoms with Gasteiger partial charge >= 0.3 is 0 Å². The van der Waals surface area contributed by atoms with Gasteiger partial charge in [-0.1, -0.05) is 17.7 Å². The summed E-state index contributed by atoms with van der Waals surface area (Å²) in [5.74, 6) is 0.0328. The Labute approximate surface area is 107 Å². The Morgan fingerprint density at radius 3 is 2.82 bits per heavy atom. The molecule has 0 bridgehead atoms. The maximum absolute atomic E-state index is 12.4. The van der Waals surface area contributed by atoms with Gasteiger partial charge in [-0.3, -0.25) is 4.79 Å². The normalized spacial score (nSPS) is 24.1. The first-order valence-corrected chi connectivity index (χ1v) is 6.21. The summed E-state index contributed by atoms with van der Waals surface area (Å²) in [4.78, 5) is 14.2. The van der Waals surface area contributed by atoms with Gasteiger partial charge in [-0.05, 0) is 38.0 Å². The molecule has 1 heterocycles. The molecule has 0 aliphatic carbocycles. The van der Waals surface area contributed by atoms with Gasteiger partial charge < -0.3 is 10.6 Å². The van der Waals surface area contributed by atoms with Gasteiger partial charge in [-0.15, -0.1) is 0 Å². The maximum Gasteiger partial charge on any atom is 0.254 e. The van der Waals surface area contributed by atoms with E-state index >= 15 is 0 Å². The molecule has 1 fully saturated rings. The Kier molecular flexibility index (Phi) is 3.40. The summed E-state index contributed by atoms with van der Waals surface area (Å²) in [6, 6.07) is 5.58. The number of nitrogens with zero attached hydrogens (tertiary/aromatic N) is 1. The van der Waals surface area contributed by atoms with E-state index in [1.54, 1.807) is 12.1 Å². The number of benzene rings is 1. The molecule has 0 aromatic heterocycles. The van der Waals surface area contributed by atoms with E-state index < -0.39 is 0 Å². The van der Waals surface area contributed by atoms with E-state index in [9.17, 15) is 4.79 Å². The zero-order valence-corrected chi connectivity index (χ0v) is 10.9. The molecule has 0 spiro atoms. The van der Waals surface area contributed by atoms with Gasteiger partial charge in [0.05, 0.1) is 0 Å². The predicted molar refractivity (Wildman–Crippen MR) is 69.3 cm³/mol. The highest BCUT2D eigenvalue weighted by molar-refractivity contribution is 6.31. The van der Waals surface area contributed by atoms with Crippen molar-refractivity contribution in [2.24, 2.45) is 5.73 Å². The first-order chi connectivity index (χ1) is 8.00. The van der Waals surface area contributed by atoms with Crippen molar-refractivity contribution in [2.75, 3.05) is 6.54 Å². The van der Waals surface area contributed by atoms with Gasteiger partial charge in [-0.25, -0.2) is 0 Å². The molecule has 1 saturated heterocycles. The number of rotatable bonds is 1. The molecule has 1 aromatic rings. The van der Waals surface area contributed by atoms with Crippen LogP contribution >= 0.6 is 11.6 Å². The molecule has 1 aliphatic heterocycles. The van der Waals surface area contributed by atoms with Crippen molar-refractivity contribution < 1.29 is 4.79 Å². The van der Waals surface area contributed by atoms with E-state index in [1.807, 2.05) is 24.8 Å². The first kappa shape index (κ1) is 12.4. The Morgan fingerprint density at radius 2 is 2.24 bits per heavy atom. The summed E-state index contributed by atoms with van der Waals surface area (Å²) < 4.78 is 0. The standard InChI is InChI=1S/C13H17ClN2O/c1-8-3-4-10(14)7-11(8)13(17)16-6-5-12(15)9(16)2/h3-4,7,9,12H,5-6,15H2,1-2H3. The van der Waals surface area contributed by atoms with Crippen molar-refractivity contribution >= 4 is 17.5 Å². The summed E-state index contributed by atoms with van der Waals surface area (Å²) in [6.07, 6.45) is 0.868. The van der Waals surface area contributed by atoms with E-state index in [1.165, 1.54) is 0 Å². The molecule has 0 radical (unpaired) electrons.